The molecular weight excluding hydrogens is 380 g/mol. The van der Waals surface area contributed by atoms with E-state index in [-0.39, 0.29) is 11.7 Å². The molecule has 10 atom stereocenters. The Morgan fingerprint density at radius 1 is 0.839 bits per heavy atom. The van der Waals surface area contributed by atoms with Gasteiger partial charge in [-0.3, -0.25) is 0 Å². The molecule has 0 bridgehead atoms. The van der Waals surface area contributed by atoms with Crippen LogP contribution in [0.2, 0.25) is 0 Å². The van der Waals surface area contributed by atoms with Gasteiger partial charge in [-0.15, -0.1) is 0 Å². The van der Waals surface area contributed by atoms with Gasteiger partial charge >= 0.3 is 0 Å². The number of hydrogen-bond acceptors (Lipinski definition) is 2. The molecule has 0 saturated heterocycles. The van der Waals surface area contributed by atoms with Gasteiger partial charge in [0, 0.05) is 0 Å². The zero-order chi connectivity index (χ0) is 22.0. The van der Waals surface area contributed by atoms with Crippen molar-refractivity contribution in [1.29, 1.82) is 0 Å². The maximum atomic E-state index is 11.3. The molecule has 5 aliphatic rings. The van der Waals surface area contributed by atoms with Crippen LogP contribution in [0.25, 0.3) is 0 Å². The first kappa shape index (κ1) is 22.7. The molecule has 5 rings (SSSR count). The van der Waals surface area contributed by atoms with Gasteiger partial charge in [0.05, 0.1) is 11.7 Å². The monoisotopic (exact) mass is 430 g/mol. The molecule has 0 spiro atoms. The van der Waals surface area contributed by atoms with Gasteiger partial charge in [-0.05, 0) is 129 Å². The van der Waals surface area contributed by atoms with Gasteiger partial charge in [0.1, 0.15) is 0 Å². The van der Waals surface area contributed by atoms with Crippen LogP contribution in [-0.4, -0.2) is 21.9 Å². The van der Waals surface area contributed by atoms with Crippen LogP contribution in [0.15, 0.2) is 0 Å². The highest BCUT2D eigenvalue weighted by molar-refractivity contribution is 5.11. The maximum Gasteiger partial charge on any atom is 0.0648 e. The van der Waals surface area contributed by atoms with E-state index in [0.29, 0.717) is 22.7 Å². The zero-order valence-corrected chi connectivity index (χ0v) is 20.9. The summed E-state index contributed by atoms with van der Waals surface area (Å²) in [7, 11) is 0. The summed E-state index contributed by atoms with van der Waals surface area (Å²) in [5.74, 6) is 5.14. The Kier molecular flexibility index (Phi) is 5.86. The molecule has 0 heterocycles. The van der Waals surface area contributed by atoms with E-state index in [2.05, 4.69) is 27.7 Å². The van der Waals surface area contributed by atoms with Gasteiger partial charge in [-0.2, -0.15) is 0 Å². The second-order valence-corrected chi connectivity index (χ2v) is 13.6. The fraction of sp³-hybridized carbons (Fsp3) is 1.00. The van der Waals surface area contributed by atoms with E-state index < -0.39 is 0 Å². The Bertz CT molecular complexity index is 655. The fourth-order valence-corrected chi connectivity index (χ4v) is 10.5. The lowest BCUT2D eigenvalue weighted by Gasteiger charge is -2.62. The summed E-state index contributed by atoms with van der Waals surface area (Å²) in [6.45, 7) is 9.83. The van der Waals surface area contributed by atoms with Gasteiger partial charge in [0.2, 0.25) is 0 Å². The van der Waals surface area contributed by atoms with Crippen LogP contribution in [0, 0.1) is 52.3 Å². The molecular formula is C29H50O2. The van der Waals surface area contributed by atoms with Crippen LogP contribution < -0.4 is 0 Å². The lowest BCUT2D eigenvalue weighted by molar-refractivity contribution is -0.154. The average molecular weight is 431 g/mol. The molecule has 2 heteroatoms. The highest BCUT2D eigenvalue weighted by Crippen LogP contribution is 2.69. The molecule has 0 aliphatic heterocycles. The number of hydrogen-bond donors (Lipinski definition) is 2. The lowest BCUT2D eigenvalue weighted by Crippen LogP contribution is -2.56. The van der Waals surface area contributed by atoms with Gasteiger partial charge in [-0.1, -0.05) is 40.5 Å². The standard InChI is InChI=1S/C29H50O2/c1-5-29(31)17-16-27(3)21(18-29)10-11-22-24-13-12-23(28(24,4)15-14-25(22)27)19(2)26(30)20-8-6-7-9-20/h19-26,30-31H,5-18H2,1-4H3/t19-,21-,22-,23+,24-,25-,26?,27-,28+,29-/m0/s1. The van der Waals surface area contributed by atoms with Gasteiger partial charge in [0.25, 0.3) is 0 Å². The zero-order valence-electron chi connectivity index (χ0n) is 20.9. The van der Waals surface area contributed by atoms with Crippen LogP contribution >= 0.6 is 0 Å². The Balaban J connectivity index is 1.33. The summed E-state index contributed by atoms with van der Waals surface area (Å²) >= 11 is 0. The van der Waals surface area contributed by atoms with E-state index in [4.69, 9.17) is 0 Å². The molecule has 1 unspecified atom stereocenters. The van der Waals surface area contributed by atoms with Crippen molar-refractivity contribution in [1.82, 2.24) is 0 Å². The third kappa shape index (κ3) is 3.48. The Hall–Kier alpha value is -0.0800. The SMILES string of the molecule is CC[C@]1(O)CC[C@@]2(C)[C@@H](CC[C@@H]3[C@@H]2CC[C@]2(C)[C@@H]([C@H](C)C(O)C4CCCC4)CC[C@@H]32)C1. The van der Waals surface area contributed by atoms with E-state index in [1.54, 1.807) is 0 Å². The minimum absolute atomic E-state index is 0.0703. The van der Waals surface area contributed by atoms with Crippen molar-refractivity contribution in [2.75, 3.05) is 0 Å². The highest BCUT2D eigenvalue weighted by Gasteiger charge is 2.62. The first-order valence-electron chi connectivity index (χ1n) is 14.1. The third-order valence-electron chi connectivity index (χ3n) is 12.6. The van der Waals surface area contributed by atoms with Crippen LogP contribution in [0.5, 0.6) is 0 Å². The molecule has 2 N–H and O–H groups in total. The van der Waals surface area contributed by atoms with Crippen molar-refractivity contribution in [3.8, 4) is 0 Å². The minimum Gasteiger partial charge on any atom is -0.393 e. The van der Waals surface area contributed by atoms with E-state index in [1.165, 1.54) is 70.6 Å². The van der Waals surface area contributed by atoms with Crippen LogP contribution in [0.1, 0.15) is 118 Å². The Morgan fingerprint density at radius 2 is 1.55 bits per heavy atom. The molecule has 5 aliphatic carbocycles. The van der Waals surface area contributed by atoms with Crippen molar-refractivity contribution in [3.63, 3.8) is 0 Å². The molecule has 31 heavy (non-hydrogen) atoms. The number of rotatable bonds is 4. The Morgan fingerprint density at radius 3 is 2.26 bits per heavy atom. The fourth-order valence-electron chi connectivity index (χ4n) is 10.5. The second-order valence-electron chi connectivity index (χ2n) is 13.6. The molecule has 0 aromatic rings. The third-order valence-corrected chi connectivity index (χ3v) is 12.6. The van der Waals surface area contributed by atoms with Crippen LogP contribution in [0.4, 0.5) is 0 Å². The summed E-state index contributed by atoms with van der Waals surface area (Å²) in [6, 6.07) is 0. The summed E-state index contributed by atoms with van der Waals surface area (Å²) in [4.78, 5) is 0. The lowest BCUT2D eigenvalue weighted by atomic mass is 9.43. The predicted molar refractivity (Wildman–Crippen MR) is 128 cm³/mol. The second kappa shape index (κ2) is 8.00. The predicted octanol–water partition coefficient (Wildman–Crippen LogP) is 6.97. The van der Waals surface area contributed by atoms with Crippen LogP contribution in [-0.2, 0) is 0 Å². The number of aliphatic hydroxyl groups is 2. The summed E-state index contributed by atoms with van der Waals surface area (Å²) in [5.41, 5.74) is 0.519. The molecule has 0 aromatic carbocycles. The van der Waals surface area contributed by atoms with Crippen molar-refractivity contribution >= 4 is 0 Å². The average Bonchev–Trinajstić information content (AvgIpc) is 3.41. The smallest absolute Gasteiger partial charge is 0.0648 e. The van der Waals surface area contributed by atoms with Crippen LogP contribution in [0.3, 0.4) is 0 Å². The van der Waals surface area contributed by atoms with Crippen molar-refractivity contribution in [3.05, 3.63) is 0 Å². The van der Waals surface area contributed by atoms with E-state index in [1.807, 2.05) is 0 Å². The molecule has 2 nitrogen and oxygen atoms in total. The first-order chi connectivity index (χ1) is 14.7. The van der Waals surface area contributed by atoms with Crippen molar-refractivity contribution in [2.45, 2.75) is 129 Å². The Labute approximate surface area is 192 Å². The topological polar surface area (TPSA) is 40.5 Å². The van der Waals surface area contributed by atoms with E-state index in [0.717, 1.165) is 48.9 Å². The molecule has 5 saturated carbocycles. The normalized spacial score (nSPS) is 52.3. The van der Waals surface area contributed by atoms with Gasteiger partial charge < -0.3 is 10.2 Å². The summed E-state index contributed by atoms with van der Waals surface area (Å²) < 4.78 is 0. The number of aliphatic hydroxyl groups excluding tert-OH is 1. The molecule has 178 valence electrons. The largest absolute Gasteiger partial charge is 0.393 e. The van der Waals surface area contributed by atoms with Crippen molar-refractivity contribution in [2.24, 2.45) is 52.3 Å². The molecule has 0 radical (unpaired) electrons. The maximum absolute atomic E-state index is 11.3. The minimum atomic E-state index is -0.384. The van der Waals surface area contributed by atoms with E-state index >= 15 is 0 Å². The summed E-state index contributed by atoms with van der Waals surface area (Å²) in [5, 5.41) is 22.3. The van der Waals surface area contributed by atoms with Gasteiger partial charge in [0.15, 0.2) is 0 Å². The van der Waals surface area contributed by atoms with E-state index in [9.17, 15) is 10.2 Å². The number of fused-ring (bicyclic) bond motifs is 5. The van der Waals surface area contributed by atoms with Gasteiger partial charge in [-0.25, -0.2) is 0 Å². The highest BCUT2D eigenvalue weighted by atomic mass is 16.3. The molecule has 0 amide bonds. The molecule has 0 aromatic heterocycles. The van der Waals surface area contributed by atoms with Crippen molar-refractivity contribution < 1.29 is 10.2 Å². The summed E-state index contributed by atoms with van der Waals surface area (Å²) in [6.07, 6.45) is 17.6. The quantitative estimate of drug-likeness (QED) is 0.505. The molecule has 5 fully saturated rings. The first-order valence-corrected chi connectivity index (χ1v) is 14.1.